The number of hydrogen-bond donors (Lipinski definition) is 0. The molecule has 0 spiro atoms. The Bertz CT molecular complexity index is 2860. The molecule has 4 heteroatoms. The van der Waals surface area contributed by atoms with E-state index in [0.29, 0.717) is 0 Å². The highest BCUT2D eigenvalue weighted by atomic mass is 32.1. The first kappa shape index (κ1) is 31.0. The van der Waals surface area contributed by atoms with Crippen molar-refractivity contribution in [3.05, 3.63) is 194 Å². The third-order valence-corrected chi connectivity index (χ3v) is 11.0. The zero-order chi connectivity index (χ0) is 35.1. The van der Waals surface area contributed by atoms with Crippen LogP contribution >= 0.6 is 11.3 Å². The van der Waals surface area contributed by atoms with Crippen molar-refractivity contribution in [1.29, 1.82) is 0 Å². The van der Waals surface area contributed by atoms with Gasteiger partial charge in [0.1, 0.15) is 16.2 Å². The summed E-state index contributed by atoms with van der Waals surface area (Å²) in [6, 6.07) is 68.6. The van der Waals surface area contributed by atoms with Gasteiger partial charge in [-0.3, -0.25) is 0 Å². The molecule has 0 unspecified atom stereocenters. The molecule has 2 heterocycles. The molecule has 0 bridgehead atoms. The van der Waals surface area contributed by atoms with Crippen molar-refractivity contribution >= 4 is 60.6 Å². The Morgan fingerprint density at radius 1 is 0.396 bits per heavy atom. The molecule has 0 aliphatic rings. The number of benzene rings is 8. The first-order chi connectivity index (χ1) is 26.2. The highest BCUT2D eigenvalue weighted by Gasteiger charge is 2.17. The van der Waals surface area contributed by atoms with E-state index < -0.39 is 0 Å². The van der Waals surface area contributed by atoms with Crippen molar-refractivity contribution < 1.29 is 4.42 Å². The molecule has 0 saturated carbocycles. The summed E-state index contributed by atoms with van der Waals surface area (Å²) in [4.78, 5) is 7.29. The van der Waals surface area contributed by atoms with Crippen molar-refractivity contribution in [2.24, 2.45) is 0 Å². The molecule has 3 nitrogen and oxygen atoms in total. The van der Waals surface area contributed by atoms with Gasteiger partial charge in [-0.1, -0.05) is 127 Å². The van der Waals surface area contributed by atoms with E-state index in [2.05, 4.69) is 187 Å². The predicted octanol–water partition coefficient (Wildman–Crippen LogP) is 14.3. The van der Waals surface area contributed by atoms with Gasteiger partial charge in [-0.15, -0.1) is 11.3 Å². The van der Waals surface area contributed by atoms with E-state index in [0.717, 1.165) is 70.9 Å². The predicted molar refractivity (Wildman–Crippen MR) is 223 cm³/mol. The van der Waals surface area contributed by atoms with Crippen LogP contribution in [0.15, 0.2) is 199 Å². The van der Waals surface area contributed by atoms with Crippen molar-refractivity contribution in [2.75, 3.05) is 4.90 Å². The van der Waals surface area contributed by atoms with Crippen molar-refractivity contribution in [2.45, 2.75) is 0 Å². The molecule has 0 N–H and O–H groups in total. The zero-order valence-electron chi connectivity index (χ0n) is 28.7. The van der Waals surface area contributed by atoms with E-state index >= 15 is 0 Å². The van der Waals surface area contributed by atoms with Crippen LogP contribution in [0, 0.1) is 0 Å². The van der Waals surface area contributed by atoms with Crippen LogP contribution in [0.3, 0.4) is 0 Å². The highest BCUT2D eigenvalue weighted by Crippen LogP contribution is 2.42. The summed E-state index contributed by atoms with van der Waals surface area (Å²) in [5.41, 5.74) is 14.3. The van der Waals surface area contributed by atoms with Crippen molar-refractivity contribution in [3.63, 3.8) is 0 Å². The minimum atomic E-state index is 0.882. The summed E-state index contributed by atoms with van der Waals surface area (Å²) in [7, 11) is 0. The molecule has 0 aliphatic heterocycles. The molecule has 0 aliphatic carbocycles. The fraction of sp³-hybridized carbons (Fsp3) is 0. The number of nitrogens with zero attached hydrogens (tertiary/aromatic N) is 2. The number of aromatic nitrogens is 1. The van der Waals surface area contributed by atoms with Gasteiger partial charge in [0.05, 0.1) is 10.2 Å². The van der Waals surface area contributed by atoms with Crippen LogP contribution in [-0.4, -0.2) is 4.98 Å². The molecule has 0 saturated heterocycles. The molecule has 250 valence electrons. The molecule has 10 rings (SSSR count). The summed E-state index contributed by atoms with van der Waals surface area (Å²) in [6.07, 6.45) is 0. The number of anilines is 3. The van der Waals surface area contributed by atoms with Crippen LogP contribution in [-0.2, 0) is 0 Å². The van der Waals surface area contributed by atoms with Gasteiger partial charge >= 0.3 is 0 Å². The molecule has 0 fully saturated rings. The maximum absolute atomic E-state index is 6.35. The Balaban J connectivity index is 0.992. The van der Waals surface area contributed by atoms with E-state index in [9.17, 15) is 0 Å². The molecule has 0 atom stereocenters. The van der Waals surface area contributed by atoms with Crippen LogP contribution in [0.1, 0.15) is 0 Å². The third-order valence-electron chi connectivity index (χ3n) is 9.91. The highest BCUT2D eigenvalue weighted by molar-refractivity contribution is 7.22. The van der Waals surface area contributed by atoms with Gasteiger partial charge in [0.15, 0.2) is 0 Å². The van der Waals surface area contributed by atoms with Crippen LogP contribution in [0.25, 0.3) is 76.1 Å². The average Bonchev–Trinajstić information content (AvgIpc) is 3.84. The molecular formula is C49H32N2OS. The Labute approximate surface area is 311 Å². The molecular weight excluding hydrogens is 665 g/mol. The van der Waals surface area contributed by atoms with Crippen LogP contribution in [0.2, 0.25) is 0 Å². The number of rotatable bonds is 7. The molecule has 0 amide bonds. The largest absolute Gasteiger partial charge is 0.456 e. The van der Waals surface area contributed by atoms with E-state index in [4.69, 9.17) is 9.40 Å². The Morgan fingerprint density at radius 3 is 1.53 bits per heavy atom. The van der Waals surface area contributed by atoms with Crippen LogP contribution in [0.4, 0.5) is 17.1 Å². The maximum Gasteiger partial charge on any atom is 0.137 e. The zero-order valence-corrected chi connectivity index (χ0v) is 29.5. The summed E-state index contributed by atoms with van der Waals surface area (Å²) >= 11 is 1.72. The van der Waals surface area contributed by atoms with Gasteiger partial charge in [-0.25, -0.2) is 4.98 Å². The van der Waals surface area contributed by atoms with Crippen LogP contribution < -0.4 is 4.90 Å². The van der Waals surface area contributed by atoms with Gasteiger partial charge in [-0.2, -0.15) is 0 Å². The Hall–Kier alpha value is -6.75. The number of furan rings is 1. The lowest BCUT2D eigenvalue weighted by Gasteiger charge is -2.26. The van der Waals surface area contributed by atoms with Gasteiger partial charge in [0, 0.05) is 33.4 Å². The maximum atomic E-state index is 6.35. The third kappa shape index (κ3) is 5.76. The summed E-state index contributed by atoms with van der Waals surface area (Å²) in [5.74, 6) is 0. The van der Waals surface area contributed by atoms with Gasteiger partial charge in [0.2, 0.25) is 0 Å². The quantitative estimate of drug-likeness (QED) is 0.166. The summed E-state index contributed by atoms with van der Waals surface area (Å²) < 4.78 is 7.50. The van der Waals surface area contributed by atoms with Gasteiger partial charge < -0.3 is 9.32 Å². The molecule has 8 aromatic carbocycles. The van der Waals surface area contributed by atoms with E-state index in [1.165, 1.54) is 22.3 Å². The summed E-state index contributed by atoms with van der Waals surface area (Å²) in [6.45, 7) is 0. The minimum absolute atomic E-state index is 0.882. The molecule has 0 radical (unpaired) electrons. The fourth-order valence-electron chi connectivity index (χ4n) is 7.27. The van der Waals surface area contributed by atoms with E-state index in [1.807, 2.05) is 12.1 Å². The van der Waals surface area contributed by atoms with Crippen molar-refractivity contribution in [1.82, 2.24) is 4.98 Å². The Kier molecular flexibility index (Phi) is 7.67. The standard InChI is InChI=1S/C49H32N2OS/c1-4-11-33(12-5-1)37-15-10-16-38(31-37)34-19-24-41(25-20-34)51(40-17-8-3-9-18-40)42-26-21-35(22-27-42)39-23-29-45-43(32-39)47-46(52-45)30-28-44-48(47)53-49(50-44)36-13-6-2-7-14-36/h1-32H. The second-order valence-corrected chi connectivity index (χ2v) is 14.2. The average molecular weight is 697 g/mol. The SMILES string of the molecule is c1ccc(-c2cccc(-c3ccc(N(c4ccccc4)c4ccc(-c5ccc6oc7ccc8nc(-c9ccccc9)sc8c7c6c5)cc4)cc3)c2)cc1. The molecule has 10 aromatic rings. The van der Waals surface area contributed by atoms with Gasteiger partial charge in [-0.05, 0) is 100 Å². The number of thiazole rings is 1. The number of para-hydroxylation sites is 1. The second kappa shape index (κ2) is 13.1. The fourth-order valence-corrected chi connectivity index (χ4v) is 8.39. The van der Waals surface area contributed by atoms with E-state index in [-0.39, 0.29) is 0 Å². The lowest BCUT2D eigenvalue weighted by molar-refractivity contribution is 0.669. The number of hydrogen-bond acceptors (Lipinski definition) is 4. The molecule has 2 aromatic heterocycles. The van der Waals surface area contributed by atoms with E-state index in [1.54, 1.807) is 11.3 Å². The van der Waals surface area contributed by atoms with Crippen LogP contribution in [0.5, 0.6) is 0 Å². The monoisotopic (exact) mass is 696 g/mol. The normalized spacial score (nSPS) is 11.4. The summed E-state index contributed by atoms with van der Waals surface area (Å²) in [5, 5.41) is 3.25. The smallest absolute Gasteiger partial charge is 0.137 e. The number of fused-ring (bicyclic) bond motifs is 5. The lowest BCUT2D eigenvalue weighted by Crippen LogP contribution is -2.09. The van der Waals surface area contributed by atoms with Gasteiger partial charge in [0.25, 0.3) is 0 Å². The first-order valence-electron chi connectivity index (χ1n) is 17.8. The second-order valence-electron chi connectivity index (χ2n) is 13.2. The lowest BCUT2D eigenvalue weighted by atomic mass is 9.99. The topological polar surface area (TPSA) is 29.3 Å². The Morgan fingerprint density at radius 2 is 0.887 bits per heavy atom. The first-order valence-corrected chi connectivity index (χ1v) is 18.6. The van der Waals surface area contributed by atoms with Crippen molar-refractivity contribution in [3.8, 4) is 44.0 Å². The molecule has 53 heavy (non-hydrogen) atoms. The minimum Gasteiger partial charge on any atom is -0.456 e.